The van der Waals surface area contributed by atoms with E-state index in [1.165, 1.54) is 0 Å². The van der Waals surface area contributed by atoms with Crippen LogP contribution in [0.3, 0.4) is 0 Å². The molecule has 0 aliphatic carbocycles. The highest BCUT2D eigenvalue weighted by Gasteiger charge is 2.25. The van der Waals surface area contributed by atoms with Crippen LogP contribution >= 0.6 is 11.8 Å². The predicted molar refractivity (Wildman–Crippen MR) is 119 cm³/mol. The van der Waals surface area contributed by atoms with E-state index in [1.807, 2.05) is 24.7 Å². The molecule has 0 fully saturated rings. The monoisotopic (exact) mass is 428 g/mol. The number of hydrogen-bond acceptors (Lipinski definition) is 6. The Balaban J connectivity index is 1.64. The summed E-state index contributed by atoms with van der Waals surface area (Å²) in [5.41, 5.74) is 5.76. The van der Waals surface area contributed by atoms with Gasteiger partial charge in [0, 0.05) is 24.4 Å². The lowest BCUT2D eigenvalue weighted by atomic mass is 10.1. The molecule has 0 unspecified atom stereocenters. The summed E-state index contributed by atoms with van der Waals surface area (Å²) in [6, 6.07) is 10.3. The highest BCUT2D eigenvalue weighted by Crippen LogP contribution is 2.33. The lowest BCUT2D eigenvalue weighted by Gasteiger charge is -2.08. The van der Waals surface area contributed by atoms with E-state index < -0.39 is 0 Å². The molecule has 0 atom stereocenters. The molecule has 0 saturated heterocycles. The maximum absolute atomic E-state index is 5.35. The van der Waals surface area contributed by atoms with Gasteiger partial charge in [-0.15, -0.1) is 22.0 Å². The Morgan fingerprint density at radius 1 is 1.13 bits per heavy atom. The number of fused-ring (bicyclic) bond motifs is 5. The fourth-order valence-electron chi connectivity index (χ4n) is 3.67. The molecule has 0 bridgehead atoms. The van der Waals surface area contributed by atoms with Gasteiger partial charge in [0.2, 0.25) is 0 Å². The number of aryl methyl sites for hydroxylation is 1. The van der Waals surface area contributed by atoms with Gasteiger partial charge in [0.1, 0.15) is 18.6 Å². The number of rotatable bonds is 3. The second kappa shape index (κ2) is 8.02. The molecule has 7 nitrogen and oxygen atoms in total. The molecule has 4 aromatic rings. The van der Waals surface area contributed by atoms with Crippen LogP contribution < -0.4 is 0 Å². The van der Waals surface area contributed by atoms with Crippen LogP contribution in [0.25, 0.3) is 17.1 Å². The molecular formula is C23H20N6OS. The summed E-state index contributed by atoms with van der Waals surface area (Å²) in [5.74, 6) is 8.03. The van der Waals surface area contributed by atoms with Gasteiger partial charge < -0.3 is 9.30 Å². The number of nitrogens with zero attached hydrogens (tertiary/aromatic N) is 6. The van der Waals surface area contributed by atoms with Crippen molar-refractivity contribution in [3.05, 3.63) is 71.2 Å². The van der Waals surface area contributed by atoms with E-state index in [4.69, 9.17) is 4.74 Å². The van der Waals surface area contributed by atoms with Crippen molar-refractivity contribution < 1.29 is 4.74 Å². The highest BCUT2D eigenvalue weighted by molar-refractivity contribution is 7.98. The molecule has 31 heavy (non-hydrogen) atoms. The van der Waals surface area contributed by atoms with Gasteiger partial charge in [0.15, 0.2) is 11.6 Å². The second-order valence-corrected chi connectivity index (χ2v) is 8.06. The number of hydrogen-bond donors (Lipinski definition) is 0. The van der Waals surface area contributed by atoms with Crippen LogP contribution in [-0.4, -0.2) is 42.7 Å². The van der Waals surface area contributed by atoms with E-state index in [1.54, 1.807) is 25.1 Å². The van der Waals surface area contributed by atoms with Crippen molar-refractivity contribution in [2.75, 3.05) is 13.4 Å². The lowest BCUT2D eigenvalue weighted by Crippen LogP contribution is -2.09. The molecule has 154 valence electrons. The number of imidazole rings is 1. The zero-order valence-electron chi connectivity index (χ0n) is 17.5. The van der Waals surface area contributed by atoms with Crippen LogP contribution in [0.15, 0.2) is 47.9 Å². The first kappa shape index (κ1) is 19.5. The van der Waals surface area contributed by atoms with Crippen LogP contribution in [0.2, 0.25) is 0 Å². The third-order valence-corrected chi connectivity index (χ3v) is 5.86. The molecule has 8 heteroatoms. The number of benzene rings is 1. The van der Waals surface area contributed by atoms with Gasteiger partial charge in [-0.25, -0.2) is 9.97 Å². The quantitative estimate of drug-likeness (QED) is 0.324. The van der Waals surface area contributed by atoms with Crippen molar-refractivity contribution in [2.24, 2.45) is 0 Å². The molecule has 0 N–H and O–H groups in total. The van der Waals surface area contributed by atoms with E-state index in [-0.39, 0.29) is 0 Å². The third kappa shape index (κ3) is 3.52. The van der Waals surface area contributed by atoms with Crippen LogP contribution in [0.4, 0.5) is 0 Å². The Kier molecular flexibility index (Phi) is 5.06. The van der Waals surface area contributed by atoms with Crippen molar-refractivity contribution >= 4 is 11.8 Å². The molecular weight excluding hydrogens is 408 g/mol. The summed E-state index contributed by atoms with van der Waals surface area (Å²) in [7, 11) is 1.66. The Morgan fingerprint density at radius 2 is 2.03 bits per heavy atom. The number of methoxy groups -OCH3 is 1. The predicted octanol–water partition coefficient (Wildman–Crippen LogP) is 3.46. The summed E-state index contributed by atoms with van der Waals surface area (Å²) in [6.07, 6.45) is 5.63. The smallest absolute Gasteiger partial charge is 0.166 e. The summed E-state index contributed by atoms with van der Waals surface area (Å²) in [4.78, 5) is 9.01. The SMILES string of the molecule is COCc1nnc2n1Cc1c(C#Cc3ccc(SC)nc3)ncn1-c1ccc(C)cc1-2. The summed E-state index contributed by atoms with van der Waals surface area (Å²) in [5, 5.41) is 9.81. The standard InChI is InChI=1S/C23H20N6OS/c1-15-4-8-19-17(10-15)23-27-26-21(13-30-2)28(23)12-20-18(25-14-29(19)20)7-5-16-6-9-22(31-3)24-11-16/h4,6,8-11,14H,12-13H2,1-3H3. The van der Waals surface area contributed by atoms with E-state index in [0.717, 1.165) is 50.4 Å². The normalized spacial score (nSPS) is 11.7. The molecule has 5 rings (SSSR count). The van der Waals surface area contributed by atoms with Crippen molar-refractivity contribution in [2.45, 2.75) is 25.1 Å². The molecule has 1 aliphatic rings. The van der Waals surface area contributed by atoms with Crippen molar-refractivity contribution in [1.29, 1.82) is 0 Å². The maximum Gasteiger partial charge on any atom is 0.166 e. The highest BCUT2D eigenvalue weighted by atomic mass is 32.2. The first-order chi connectivity index (χ1) is 15.2. The zero-order chi connectivity index (χ0) is 21.4. The average molecular weight is 429 g/mol. The maximum atomic E-state index is 5.35. The minimum absolute atomic E-state index is 0.386. The largest absolute Gasteiger partial charge is 0.377 e. The molecule has 0 spiro atoms. The molecule has 0 saturated carbocycles. The number of ether oxygens (including phenoxy) is 1. The first-order valence-corrected chi connectivity index (χ1v) is 11.0. The minimum atomic E-state index is 0.386. The Labute approximate surface area is 184 Å². The van der Waals surface area contributed by atoms with Gasteiger partial charge in [-0.2, -0.15) is 0 Å². The van der Waals surface area contributed by atoms with Gasteiger partial charge in [0.05, 0.1) is 23.0 Å². The molecule has 4 heterocycles. The summed E-state index contributed by atoms with van der Waals surface area (Å²) in [6.45, 7) is 3.02. The Bertz CT molecular complexity index is 1330. The number of thioether (sulfide) groups is 1. The van der Waals surface area contributed by atoms with Crippen molar-refractivity contribution in [3.63, 3.8) is 0 Å². The van der Waals surface area contributed by atoms with Gasteiger partial charge in [-0.1, -0.05) is 17.6 Å². The Hall–Kier alpha value is -3.41. The van der Waals surface area contributed by atoms with Crippen molar-refractivity contribution in [1.82, 2.24) is 29.3 Å². The summed E-state index contributed by atoms with van der Waals surface area (Å²) >= 11 is 1.61. The first-order valence-electron chi connectivity index (χ1n) is 9.78. The number of aromatic nitrogens is 6. The fourth-order valence-corrected chi connectivity index (χ4v) is 4.03. The van der Waals surface area contributed by atoms with Crippen molar-refractivity contribution in [3.8, 4) is 28.9 Å². The van der Waals surface area contributed by atoms with Crippen LogP contribution in [0, 0.1) is 18.8 Å². The molecule has 3 aromatic heterocycles. The van der Waals surface area contributed by atoms with Crippen LogP contribution in [-0.2, 0) is 17.9 Å². The average Bonchev–Trinajstić information content (AvgIpc) is 3.34. The van der Waals surface area contributed by atoms with Gasteiger partial charge in [-0.05, 0) is 43.4 Å². The van der Waals surface area contributed by atoms with Gasteiger partial charge in [-0.3, -0.25) is 4.57 Å². The van der Waals surface area contributed by atoms with E-state index in [2.05, 4.69) is 66.3 Å². The fraction of sp³-hybridized carbons (Fsp3) is 0.217. The molecule has 0 amide bonds. The summed E-state index contributed by atoms with van der Waals surface area (Å²) < 4.78 is 9.53. The molecule has 0 radical (unpaired) electrons. The minimum Gasteiger partial charge on any atom is -0.377 e. The second-order valence-electron chi connectivity index (χ2n) is 7.23. The molecule has 1 aromatic carbocycles. The topological polar surface area (TPSA) is 70.7 Å². The van der Waals surface area contributed by atoms with Crippen LogP contribution in [0.5, 0.6) is 0 Å². The van der Waals surface area contributed by atoms with Gasteiger partial charge in [0.25, 0.3) is 0 Å². The van der Waals surface area contributed by atoms with E-state index >= 15 is 0 Å². The van der Waals surface area contributed by atoms with Crippen LogP contribution in [0.1, 0.15) is 28.3 Å². The van der Waals surface area contributed by atoms with Gasteiger partial charge >= 0.3 is 0 Å². The lowest BCUT2D eigenvalue weighted by molar-refractivity contribution is 0.174. The molecule has 1 aliphatic heterocycles. The third-order valence-electron chi connectivity index (χ3n) is 5.20. The Morgan fingerprint density at radius 3 is 2.81 bits per heavy atom. The van der Waals surface area contributed by atoms with E-state index in [9.17, 15) is 0 Å². The zero-order valence-corrected chi connectivity index (χ0v) is 18.3. The van der Waals surface area contributed by atoms with E-state index in [0.29, 0.717) is 13.2 Å². The number of pyridine rings is 1.